The molecule has 7 heteroatoms. The van der Waals surface area contributed by atoms with Crippen molar-refractivity contribution in [2.45, 2.75) is 6.42 Å². The summed E-state index contributed by atoms with van der Waals surface area (Å²) in [4.78, 5) is 24.6. The molecule has 23 heavy (non-hydrogen) atoms. The van der Waals surface area contributed by atoms with E-state index in [0.29, 0.717) is 9.23 Å². The average Bonchev–Trinajstić information content (AvgIpc) is 2.80. The number of thiocarbonyl (C=S) groups is 1. The third-order valence-electron chi connectivity index (χ3n) is 3.09. The Bertz CT molecular complexity index is 697. The number of methoxy groups -OCH3 is 1. The minimum absolute atomic E-state index is 0.0908. The molecular formula is C16H15NO4S2. The second-order valence-corrected chi connectivity index (χ2v) is 6.28. The van der Waals surface area contributed by atoms with Crippen molar-refractivity contribution in [2.75, 3.05) is 13.7 Å². The molecule has 1 aliphatic rings. The Labute approximate surface area is 143 Å². The standard InChI is InChI=1S/C16H15NO4S2/c1-21-12-7-3-2-5-11(12)6-4-8-13-15(20)17(16(22)23-13)10-9-14(18)19/h2-8H,9-10H2,1H3,(H,18,19). The van der Waals surface area contributed by atoms with Gasteiger partial charge < -0.3 is 9.84 Å². The summed E-state index contributed by atoms with van der Waals surface area (Å²) in [5, 5.41) is 8.70. The van der Waals surface area contributed by atoms with Crippen LogP contribution in [0.1, 0.15) is 12.0 Å². The summed E-state index contributed by atoms with van der Waals surface area (Å²) in [5.74, 6) is -0.476. The molecule has 1 aliphatic heterocycles. The molecule has 0 spiro atoms. The molecule has 1 aromatic rings. The van der Waals surface area contributed by atoms with Crippen LogP contribution in [0.3, 0.4) is 0 Å². The SMILES string of the molecule is COc1ccccc1C=CC=C1SC(=S)N(CCC(=O)O)C1=O. The first-order valence-corrected chi connectivity index (χ1v) is 8.02. The first-order valence-electron chi connectivity index (χ1n) is 6.79. The lowest BCUT2D eigenvalue weighted by atomic mass is 10.2. The highest BCUT2D eigenvalue weighted by molar-refractivity contribution is 8.26. The van der Waals surface area contributed by atoms with Crippen molar-refractivity contribution in [2.24, 2.45) is 0 Å². The molecule has 1 saturated heterocycles. The van der Waals surface area contributed by atoms with Gasteiger partial charge in [-0.05, 0) is 12.1 Å². The summed E-state index contributed by atoms with van der Waals surface area (Å²) in [7, 11) is 1.60. The normalized spacial score (nSPS) is 16.6. The Kier molecular flexibility index (Phi) is 5.95. The molecule has 0 unspecified atom stereocenters. The largest absolute Gasteiger partial charge is 0.496 e. The predicted octanol–water partition coefficient (Wildman–Crippen LogP) is 2.93. The summed E-state index contributed by atoms with van der Waals surface area (Å²) in [6, 6.07) is 7.53. The third-order valence-corrected chi connectivity index (χ3v) is 4.48. The highest BCUT2D eigenvalue weighted by atomic mass is 32.2. The first kappa shape index (κ1) is 17.2. The molecule has 0 bridgehead atoms. The number of rotatable bonds is 6. The molecular weight excluding hydrogens is 334 g/mol. The number of carboxylic acids is 1. The lowest BCUT2D eigenvalue weighted by molar-refractivity contribution is -0.137. The number of allylic oxidation sites excluding steroid dienone is 2. The van der Waals surface area contributed by atoms with Crippen LogP contribution < -0.4 is 4.74 Å². The second-order valence-electron chi connectivity index (χ2n) is 4.60. The Hall–Kier alpha value is -2.12. The van der Waals surface area contributed by atoms with E-state index in [9.17, 15) is 9.59 Å². The number of carbonyl (C=O) groups is 2. The molecule has 0 aliphatic carbocycles. The van der Waals surface area contributed by atoms with Gasteiger partial charge in [0.25, 0.3) is 5.91 Å². The summed E-state index contributed by atoms with van der Waals surface area (Å²) in [5.41, 5.74) is 0.896. The lowest BCUT2D eigenvalue weighted by Crippen LogP contribution is -2.30. The molecule has 2 rings (SSSR count). The van der Waals surface area contributed by atoms with Crippen molar-refractivity contribution < 1.29 is 19.4 Å². The molecule has 0 aromatic heterocycles. The van der Waals surface area contributed by atoms with Gasteiger partial charge in [-0.15, -0.1) is 0 Å². The molecule has 0 saturated carbocycles. The fraction of sp³-hybridized carbons (Fsp3) is 0.188. The van der Waals surface area contributed by atoms with E-state index in [1.165, 1.54) is 16.7 Å². The van der Waals surface area contributed by atoms with Gasteiger partial charge >= 0.3 is 5.97 Å². The number of nitrogens with zero attached hydrogens (tertiary/aromatic N) is 1. The molecule has 1 aromatic carbocycles. The summed E-state index contributed by atoms with van der Waals surface area (Å²) >= 11 is 6.29. The minimum atomic E-state index is -0.959. The molecule has 120 valence electrons. The molecule has 1 amide bonds. The van der Waals surface area contributed by atoms with Gasteiger partial charge in [0.05, 0.1) is 18.4 Å². The fourth-order valence-electron chi connectivity index (χ4n) is 1.96. The van der Waals surface area contributed by atoms with Crippen LogP contribution in [0, 0.1) is 0 Å². The summed E-state index contributed by atoms with van der Waals surface area (Å²) < 4.78 is 5.63. The number of thioether (sulfide) groups is 1. The van der Waals surface area contributed by atoms with E-state index < -0.39 is 5.97 Å². The van der Waals surface area contributed by atoms with Crippen molar-refractivity contribution >= 4 is 46.3 Å². The molecule has 1 fully saturated rings. The second kappa shape index (κ2) is 7.94. The van der Waals surface area contributed by atoms with Crippen LogP contribution in [-0.2, 0) is 9.59 Å². The van der Waals surface area contributed by atoms with Crippen molar-refractivity contribution in [1.82, 2.24) is 4.90 Å². The van der Waals surface area contributed by atoms with Gasteiger partial charge in [-0.3, -0.25) is 14.5 Å². The highest BCUT2D eigenvalue weighted by Crippen LogP contribution is 2.31. The van der Waals surface area contributed by atoms with E-state index in [2.05, 4.69) is 0 Å². The Morgan fingerprint density at radius 2 is 2.17 bits per heavy atom. The van der Waals surface area contributed by atoms with Gasteiger partial charge in [0, 0.05) is 12.1 Å². The zero-order valence-corrected chi connectivity index (χ0v) is 14.0. The van der Waals surface area contributed by atoms with Gasteiger partial charge in [0.2, 0.25) is 0 Å². The summed E-state index contributed by atoms with van der Waals surface area (Å²) in [6.07, 6.45) is 5.13. The van der Waals surface area contributed by atoms with Crippen LogP contribution in [0.4, 0.5) is 0 Å². The summed E-state index contributed by atoms with van der Waals surface area (Å²) in [6.45, 7) is 0.0908. The van der Waals surface area contributed by atoms with E-state index in [1.807, 2.05) is 30.3 Å². The van der Waals surface area contributed by atoms with Crippen LogP contribution in [0.25, 0.3) is 6.08 Å². The molecule has 0 radical (unpaired) electrons. The number of aliphatic carboxylic acids is 1. The van der Waals surface area contributed by atoms with E-state index in [0.717, 1.165) is 11.3 Å². The zero-order valence-electron chi connectivity index (χ0n) is 12.4. The van der Waals surface area contributed by atoms with Crippen molar-refractivity contribution in [3.8, 4) is 5.75 Å². The Morgan fingerprint density at radius 1 is 1.43 bits per heavy atom. The number of carboxylic acid groups (broad SMARTS) is 1. The van der Waals surface area contributed by atoms with Crippen LogP contribution in [0.5, 0.6) is 5.75 Å². The van der Waals surface area contributed by atoms with E-state index in [-0.39, 0.29) is 18.9 Å². The maximum absolute atomic E-state index is 12.2. The van der Waals surface area contributed by atoms with Crippen molar-refractivity contribution in [3.05, 3.63) is 46.9 Å². The number of para-hydroxylation sites is 1. The number of carbonyl (C=O) groups excluding carboxylic acids is 1. The Morgan fingerprint density at radius 3 is 2.87 bits per heavy atom. The van der Waals surface area contributed by atoms with E-state index in [4.69, 9.17) is 22.1 Å². The smallest absolute Gasteiger partial charge is 0.305 e. The van der Waals surface area contributed by atoms with Crippen LogP contribution in [-0.4, -0.2) is 39.9 Å². The van der Waals surface area contributed by atoms with Gasteiger partial charge in [-0.1, -0.05) is 54.3 Å². The quantitative estimate of drug-likeness (QED) is 0.629. The highest BCUT2D eigenvalue weighted by Gasteiger charge is 2.31. The number of amides is 1. The number of hydrogen-bond donors (Lipinski definition) is 1. The van der Waals surface area contributed by atoms with Gasteiger partial charge in [-0.25, -0.2) is 0 Å². The van der Waals surface area contributed by atoms with Crippen molar-refractivity contribution in [1.29, 1.82) is 0 Å². The monoisotopic (exact) mass is 349 g/mol. The van der Waals surface area contributed by atoms with Crippen LogP contribution >= 0.6 is 24.0 Å². The Balaban J connectivity index is 2.08. The van der Waals surface area contributed by atoms with Crippen LogP contribution in [0.15, 0.2) is 41.3 Å². The number of ether oxygens (including phenoxy) is 1. The fourth-order valence-corrected chi connectivity index (χ4v) is 3.22. The molecule has 5 nitrogen and oxygen atoms in total. The predicted molar refractivity (Wildman–Crippen MR) is 94.3 cm³/mol. The van der Waals surface area contributed by atoms with Gasteiger partial charge in [-0.2, -0.15) is 0 Å². The maximum Gasteiger partial charge on any atom is 0.305 e. The minimum Gasteiger partial charge on any atom is -0.496 e. The molecule has 1 N–H and O–H groups in total. The van der Waals surface area contributed by atoms with Gasteiger partial charge in [0.1, 0.15) is 10.1 Å². The average molecular weight is 349 g/mol. The maximum atomic E-state index is 12.2. The molecule has 1 heterocycles. The van der Waals surface area contributed by atoms with Crippen molar-refractivity contribution in [3.63, 3.8) is 0 Å². The molecule has 0 atom stereocenters. The zero-order chi connectivity index (χ0) is 16.8. The number of benzene rings is 1. The van der Waals surface area contributed by atoms with Crippen LogP contribution in [0.2, 0.25) is 0 Å². The van der Waals surface area contributed by atoms with E-state index >= 15 is 0 Å². The topological polar surface area (TPSA) is 66.8 Å². The first-order chi connectivity index (χ1) is 11.0. The third kappa shape index (κ3) is 4.43. The lowest BCUT2D eigenvalue weighted by Gasteiger charge is -2.12. The van der Waals surface area contributed by atoms with E-state index in [1.54, 1.807) is 19.3 Å². The number of hydrogen-bond acceptors (Lipinski definition) is 5. The van der Waals surface area contributed by atoms with Gasteiger partial charge in [0.15, 0.2) is 0 Å².